The van der Waals surface area contributed by atoms with Gasteiger partial charge in [0.05, 0.1) is 4.83 Å². The van der Waals surface area contributed by atoms with Gasteiger partial charge in [-0.05, 0) is 18.3 Å². The molecule has 12 heavy (non-hydrogen) atoms. The molecule has 0 saturated heterocycles. The van der Waals surface area contributed by atoms with Gasteiger partial charge in [0.2, 0.25) is 5.91 Å². The molecule has 1 rings (SSSR count). The SMILES string of the molecule is CC(C)(C)C(Br)C(=O)NC1CC1. The molecule has 0 aromatic carbocycles. The van der Waals surface area contributed by atoms with Crippen LogP contribution in [0.2, 0.25) is 0 Å². The third-order valence-corrected chi connectivity index (χ3v) is 3.70. The van der Waals surface area contributed by atoms with Gasteiger partial charge in [-0.1, -0.05) is 36.7 Å². The van der Waals surface area contributed by atoms with Crippen LogP contribution < -0.4 is 5.32 Å². The molecule has 1 N–H and O–H groups in total. The molecule has 1 unspecified atom stereocenters. The van der Waals surface area contributed by atoms with Gasteiger partial charge >= 0.3 is 0 Å². The molecule has 0 aromatic rings. The number of nitrogens with one attached hydrogen (secondary N) is 1. The second kappa shape index (κ2) is 3.36. The first-order chi connectivity index (χ1) is 5.41. The van der Waals surface area contributed by atoms with Crippen LogP contribution in [0.5, 0.6) is 0 Å². The van der Waals surface area contributed by atoms with Gasteiger partial charge in [-0.25, -0.2) is 0 Å². The van der Waals surface area contributed by atoms with E-state index >= 15 is 0 Å². The molecule has 0 spiro atoms. The molecule has 0 bridgehead atoms. The summed E-state index contributed by atoms with van der Waals surface area (Å²) in [6.45, 7) is 6.16. The predicted molar refractivity (Wildman–Crippen MR) is 53.3 cm³/mol. The summed E-state index contributed by atoms with van der Waals surface area (Å²) >= 11 is 3.41. The standard InChI is InChI=1S/C9H16BrNO/c1-9(2,3)7(10)8(12)11-6-4-5-6/h6-7H,4-5H2,1-3H3,(H,11,12). The summed E-state index contributed by atoms with van der Waals surface area (Å²) in [6, 6.07) is 0.458. The lowest BCUT2D eigenvalue weighted by atomic mass is 9.92. The van der Waals surface area contributed by atoms with Crippen LogP contribution >= 0.6 is 15.9 Å². The first kappa shape index (κ1) is 10.0. The van der Waals surface area contributed by atoms with Crippen molar-refractivity contribution in [2.24, 2.45) is 5.41 Å². The van der Waals surface area contributed by atoms with E-state index in [9.17, 15) is 4.79 Å². The number of rotatable bonds is 2. The lowest BCUT2D eigenvalue weighted by molar-refractivity contribution is -0.122. The van der Waals surface area contributed by atoms with E-state index in [1.165, 1.54) is 0 Å². The predicted octanol–water partition coefficient (Wildman–Crippen LogP) is 2.07. The molecule has 1 aliphatic carbocycles. The Labute approximate surface area is 82.2 Å². The van der Waals surface area contributed by atoms with E-state index in [1.54, 1.807) is 0 Å². The molecule has 0 radical (unpaired) electrons. The Bertz CT molecular complexity index is 181. The minimum atomic E-state index is -0.0781. The maximum absolute atomic E-state index is 11.5. The Morgan fingerprint density at radius 1 is 1.50 bits per heavy atom. The maximum atomic E-state index is 11.5. The maximum Gasteiger partial charge on any atom is 0.234 e. The van der Waals surface area contributed by atoms with Crippen molar-refractivity contribution >= 4 is 21.8 Å². The Hall–Kier alpha value is -0.0500. The summed E-state index contributed by atoms with van der Waals surface area (Å²) < 4.78 is 0. The van der Waals surface area contributed by atoms with Crippen LogP contribution in [-0.4, -0.2) is 16.8 Å². The average Bonchev–Trinajstić information content (AvgIpc) is 2.68. The van der Waals surface area contributed by atoms with Gasteiger partial charge in [-0.3, -0.25) is 4.79 Å². The minimum absolute atomic E-state index is 0.00102. The summed E-state index contributed by atoms with van der Waals surface area (Å²) in [6.07, 6.45) is 2.30. The van der Waals surface area contributed by atoms with E-state index in [0.717, 1.165) is 12.8 Å². The molecule has 70 valence electrons. The Morgan fingerprint density at radius 3 is 2.33 bits per heavy atom. The molecule has 1 fully saturated rings. The van der Waals surface area contributed by atoms with Crippen molar-refractivity contribution in [3.05, 3.63) is 0 Å². The van der Waals surface area contributed by atoms with Crippen molar-refractivity contribution in [2.45, 2.75) is 44.5 Å². The first-order valence-electron chi connectivity index (χ1n) is 4.35. The number of hydrogen-bond donors (Lipinski definition) is 1. The minimum Gasteiger partial charge on any atom is -0.352 e. The highest BCUT2D eigenvalue weighted by Crippen LogP contribution is 2.27. The smallest absolute Gasteiger partial charge is 0.234 e. The van der Waals surface area contributed by atoms with Crippen LogP contribution in [0.15, 0.2) is 0 Å². The Balaban J connectivity index is 2.39. The van der Waals surface area contributed by atoms with Crippen LogP contribution in [0.1, 0.15) is 33.6 Å². The lowest BCUT2D eigenvalue weighted by Crippen LogP contribution is -2.39. The fraction of sp³-hybridized carbons (Fsp3) is 0.889. The average molecular weight is 234 g/mol. The van der Waals surface area contributed by atoms with E-state index in [1.807, 2.05) is 0 Å². The highest BCUT2D eigenvalue weighted by Gasteiger charge is 2.32. The molecule has 0 aromatic heterocycles. The zero-order chi connectivity index (χ0) is 9.35. The normalized spacial score (nSPS) is 20.3. The van der Waals surface area contributed by atoms with Crippen molar-refractivity contribution in [3.63, 3.8) is 0 Å². The second-order valence-electron chi connectivity index (χ2n) is 4.51. The lowest BCUT2D eigenvalue weighted by Gasteiger charge is -2.24. The van der Waals surface area contributed by atoms with Crippen molar-refractivity contribution < 1.29 is 4.79 Å². The van der Waals surface area contributed by atoms with Crippen molar-refractivity contribution in [1.29, 1.82) is 0 Å². The van der Waals surface area contributed by atoms with Crippen LogP contribution in [0, 0.1) is 5.41 Å². The third kappa shape index (κ3) is 2.77. The van der Waals surface area contributed by atoms with Gasteiger partial charge in [0, 0.05) is 6.04 Å². The fourth-order valence-corrected chi connectivity index (χ4v) is 1.03. The molecular formula is C9H16BrNO. The van der Waals surface area contributed by atoms with E-state index in [4.69, 9.17) is 0 Å². The first-order valence-corrected chi connectivity index (χ1v) is 5.27. The summed E-state index contributed by atoms with van der Waals surface area (Å²) in [7, 11) is 0. The van der Waals surface area contributed by atoms with E-state index in [2.05, 4.69) is 42.0 Å². The number of hydrogen-bond acceptors (Lipinski definition) is 1. The molecule has 0 aliphatic heterocycles. The van der Waals surface area contributed by atoms with Gasteiger partial charge in [0.15, 0.2) is 0 Å². The number of alkyl halides is 1. The van der Waals surface area contributed by atoms with E-state index < -0.39 is 0 Å². The van der Waals surface area contributed by atoms with Gasteiger partial charge in [-0.15, -0.1) is 0 Å². The molecule has 1 atom stereocenters. The van der Waals surface area contributed by atoms with Crippen molar-refractivity contribution in [1.82, 2.24) is 5.32 Å². The summed E-state index contributed by atoms with van der Waals surface area (Å²) in [5, 5.41) is 2.97. The van der Waals surface area contributed by atoms with Crippen LogP contribution in [-0.2, 0) is 4.79 Å². The summed E-state index contributed by atoms with van der Waals surface area (Å²) in [5.74, 6) is 0.130. The van der Waals surface area contributed by atoms with E-state index in [0.29, 0.717) is 6.04 Å². The Kier molecular flexibility index (Phi) is 2.81. The van der Waals surface area contributed by atoms with Crippen molar-refractivity contribution in [3.8, 4) is 0 Å². The van der Waals surface area contributed by atoms with Gasteiger partial charge in [-0.2, -0.15) is 0 Å². The van der Waals surface area contributed by atoms with E-state index in [-0.39, 0.29) is 16.1 Å². The number of carbonyl (C=O) groups excluding carboxylic acids is 1. The van der Waals surface area contributed by atoms with Crippen LogP contribution in [0.4, 0.5) is 0 Å². The molecule has 1 aliphatic rings. The van der Waals surface area contributed by atoms with Gasteiger partial charge in [0.1, 0.15) is 0 Å². The monoisotopic (exact) mass is 233 g/mol. The molecule has 2 nitrogen and oxygen atoms in total. The second-order valence-corrected chi connectivity index (χ2v) is 5.43. The zero-order valence-electron chi connectivity index (χ0n) is 7.86. The molecule has 3 heteroatoms. The van der Waals surface area contributed by atoms with Crippen LogP contribution in [0.3, 0.4) is 0 Å². The topological polar surface area (TPSA) is 29.1 Å². The van der Waals surface area contributed by atoms with Crippen molar-refractivity contribution in [2.75, 3.05) is 0 Å². The number of halogens is 1. The van der Waals surface area contributed by atoms with Gasteiger partial charge in [0.25, 0.3) is 0 Å². The molecule has 1 saturated carbocycles. The van der Waals surface area contributed by atoms with Gasteiger partial charge < -0.3 is 5.32 Å². The highest BCUT2D eigenvalue weighted by atomic mass is 79.9. The summed E-state index contributed by atoms with van der Waals surface area (Å²) in [4.78, 5) is 11.4. The Morgan fingerprint density at radius 2 is 2.00 bits per heavy atom. The third-order valence-electron chi connectivity index (χ3n) is 1.91. The number of carbonyl (C=O) groups is 1. The number of amides is 1. The highest BCUT2D eigenvalue weighted by molar-refractivity contribution is 9.10. The molecule has 0 heterocycles. The zero-order valence-corrected chi connectivity index (χ0v) is 9.44. The molecule has 1 amide bonds. The molecular weight excluding hydrogens is 218 g/mol. The summed E-state index contributed by atoms with van der Waals surface area (Å²) in [5.41, 5.74) is -0.00102. The van der Waals surface area contributed by atoms with Crippen LogP contribution in [0.25, 0.3) is 0 Å². The fourth-order valence-electron chi connectivity index (χ4n) is 0.895. The quantitative estimate of drug-likeness (QED) is 0.728. The largest absolute Gasteiger partial charge is 0.352 e.